The van der Waals surface area contributed by atoms with E-state index in [0.717, 1.165) is 24.9 Å². The number of hydrogen-bond donors (Lipinski definition) is 1. The van der Waals surface area contributed by atoms with Crippen molar-refractivity contribution in [3.63, 3.8) is 0 Å². The molecule has 4 heteroatoms. The molecule has 86 valence electrons. The molecule has 0 spiro atoms. The monoisotopic (exact) mass is 226 g/mol. The predicted octanol–water partition coefficient (Wildman–Crippen LogP) is 1.34. The zero-order chi connectivity index (χ0) is 11.2. The van der Waals surface area contributed by atoms with Gasteiger partial charge in [0.1, 0.15) is 0 Å². The lowest BCUT2D eigenvalue weighted by atomic mass is 10.2. The maximum atomic E-state index is 4.31. The molecule has 17 heavy (non-hydrogen) atoms. The first-order valence-electron chi connectivity index (χ1n) is 6.08. The summed E-state index contributed by atoms with van der Waals surface area (Å²) in [5.41, 5.74) is 2.42. The number of imidazole rings is 1. The third-order valence-corrected chi connectivity index (χ3v) is 4.01. The molecule has 2 unspecified atom stereocenters. The number of nitrogens with one attached hydrogen (secondary N) is 1. The van der Waals surface area contributed by atoms with Gasteiger partial charge < -0.3 is 9.88 Å². The minimum Gasteiger partial charge on any atom is -0.327 e. The topological polar surface area (TPSA) is 42.7 Å². The lowest BCUT2D eigenvalue weighted by Gasteiger charge is -2.10. The van der Waals surface area contributed by atoms with Crippen LogP contribution in [0, 0.1) is 11.8 Å². The number of fused-ring (bicyclic) bond motifs is 1. The summed E-state index contributed by atoms with van der Waals surface area (Å²) in [6.07, 6.45) is 7.60. The highest BCUT2D eigenvalue weighted by molar-refractivity contribution is 5.58. The van der Waals surface area contributed by atoms with E-state index < -0.39 is 0 Å². The van der Waals surface area contributed by atoms with Crippen LogP contribution >= 0.6 is 0 Å². The average Bonchev–Trinajstić information content (AvgIpc) is 2.80. The van der Waals surface area contributed by atoms with Crippen molar-refractivity contribution in [3.8, 4) is 11.3 Å². The number of pyridine rings is 1. The Kier molecular flexibility index (Phi) is 1.87. The van der Waals surface area contributed by atoms with Crippen LogP contribution in [0.25, 0.3) is 11.3 Å². The smallest absolute Gasteiger partial charge is 0.0953 e. The molecule has 0 amide bonds. The SMILES string of the molecule is c1cc(-c2cncn2C2C3CNCC32)ccn1. The zero-order valence-electron chi connectivity index (χ0n) is 9.45. The second kappa shape index (κ2) is 3.40. The summed E-state index contributed by atoms with van der Waals surface area (Å²) in [6, 6.07) is 4.75. The van der Waals surface area contributed by atoms with Gasteiger partial charge in [-0.15, -0.1) is 0 Å². The van der Waals surface area contributed by atoms with Crippen molar-refractivity contribution in [2.45, 2.75) is 6.04 Å². The first-order valence-corrected chi connectivity index (χ1v) is 6.08. The quantitative estimate of drug-likeness (QED) is 0.840. The van der Waals surface area contributed by atoms with E-state index in [-0.39, 0.29) is 0 Å². The fourth-order valence-corrected chi connectivity index (χ4v) is 3.09. The Morgan fingerprint density at radius 2 is 1.88 bits per heavy atom. The largest absolute Gasteiger partial charge is 0.327 e. The molecule has 0 aromatic carbocycles. The molecule has 1 saturated heterocycles. The molecular weight excluding hydrogens is 212 g/mol. The van der Waals surface area contributed by atoms with Gasteiger partial charge in [-0.05, 0) is 24.0 Å². The van der Waals surface area contributed by atoms with Gasteiger partial charge in [-0.3, -0.25) is 4.98 Å². The van der Waals surface area contributed by atoms with E-state index in [0.29, 0.717) is 6.04 Å². The number of rotatable bonds is 2. The van der Waals surface area contributed by atoms with E-state index in [9.17, 15) is 0 Å². The summed E-state index contributed by atoms with van der Waals surface area (Å²) in [5, 5.41) is 3.43. The van der Waals surface area contributed by atoms with Gasteiger partial charge in [0.2, 0.25) is 0 Å². The molecule has 2 aromatic heterocycles. The number of aromatic nitrogens is 3. The Labute approximate surface area is 99.7 Å². The maximum absolute atomic E-state index is 4.31. The van der Waals surface area contributed by atoms with Crippen LogP contribution < -0.4 is 5.32 Å². The van der Waals surface area contributed by atoms with E-state index >= 15 is 0 Å². The van der Waals surface area contributed by atoms with Crippen LogP contribution in [0.2, 0.25) is 0 Å². The summed E-state index contributed by atoms with van der Waals surface area (Å²) in [4.78, 5) is 8.37. The maximum Gasteiger partial charge on any atom is 0.0953 e. The normalized spacial score (nSPS) is 30.2. The van der Waals surface area contributed by atoms with Crippen molar-refractivity contribution in [2.75, 3.05) is 13.1 Å². The Hall–Kier alpha value is -1.68. The minimum atomic E-state index is 0.655. The molecule has 2 aliphatic rings. The van der Waals surface area contributed by atoms with Gasteiger partial charge in [0.25, 0.3) is 0 Å². The fourth-order valence-electron chi connectivity index (χ4n) is 3.09. The van der Waals surface area contributed by atoms with E-state index in [4.69, 9.17) is 0 Å². The molecule has 0 radical (unpaired) electrons. The predicted molar refractivity (Wildman–Crippen MR) is 64.3 cm³/mol. The van der Waals surface area contributed by atoms with Gasteiger partial charge in [0, 0.05) is 37.1 Å². The van der Waals surface area contributed by atoms with Gasteiger partial charge >= 0.3 is 0 Å². The third kappa shape index (κ3) is 1.34. The van der Waals surface area contributed by atoms with Gasteiger partial charge in [-0.25, -0.2) is 4.98 Å². The summed E-state index contributed by atoms with van der Waals surface area (Å²) in [6.45, 7) is 2.31. The minimum absolute atomic E-state index is 0.655. The molecule has 2 atom stereocenters. The zero-order valence-corrected chi connectivity index (χ0v) is 9.45. The molecule has 1 N–H and O–H groups in total. The Balaban J connectivity index is 1.72. The van der Waals surface area contributed by atoms with Crippen LogP contribution in [0.15, 0.2) is 37.1 Å². The molecule has 4 nitrogen and oxygen atoms in total. The summed E-state index contributed by atoms with van der Waals surface area (Å²) >= 11 is 0. The Morgan fingerprint density at radius 3 is 2.65 bits per heavy atom. The highest BCUT2D eigenvalue weighted by Gasteiger charge is 2.54. The highest BCUT2D eigenvalue weighted by Crippen LogP contribution is 2.53. The van der Waals surface area contributed by atoms with Crippen molar-refractivity contribution in [1.29, 1.82) is 0 Å². The van der Waals surface area contributed by atoms with Crippen molar-refractivity contribution in [3.05, 3.63) is 37.1 Å². The molecule has 2 fully saturated rings. The molecule has 4 rings (SSSR count). The van der Waals surface area contributed by atoms with E-state index in [1.165, 1.54) is 11.3 Å². The number of piperidine rings is 1. The van der Waals surface area contributed by atoms with Crippen LogP contribution in [0.4, 0.5) is 0 Å². The molecule has 1 aliphatic carbocycles. The van der Waals surface area contributed by atoms with Gasteiger partial charge in [-0.2, -0.15) is 0 Å². The molecule has 1 saturated carbocycles. The van der Waals surface area contributed by atoms with Crippen LogP contribution in [0.1, 0.15) is 6.04 Å². The Bertz CT molecular complexity index is 523. The van der Waals surface area contributed by atoms with Crippen molar-refractivity contribution in [2.24, 2.45) is 11.8 Å². The standard InChI is InChI=1S/C13H14N4/c1-3-14-4-2-9(1)12-7-16-8-17(12)13-10-5-15-6-11(10)13/h1-4,7-8,10-11,13,15H,5-6H2. The summed E-state index contributed by atoms with van der Waals surface area (Å²) in [5.74, 6) is 1.62. The first kappa shape index (κ1) is 9.36. The van der Waals surface area contributed by atoms with Gasteiger partial charge in [0.05, 0.1) is 18.2 Å². The first-order chi connectivity index (χ1) is 8.45. The van der Waals surface area contributed by atoms with Crippen molar-refractivity contribution in [1.82, 2.24) is 19.9 Å². The van der Waals surface area contributed by atoms with Crippen LogP contribution in [-0.4, -0.2) is 27.6 Å². The lowest BCUT2D eigenvalue weighted by molar-refractivity contribution is 0.573. The van der Waals surface area contributed by atoms with E-state index in [1.54, 1.807) is 0 Å². The number of nitrogens with zero attached hydrogens (tertiary/aromatic N) is 3. The van der Waals surface area contributed by atoms with Crippen LogP contribution in [0.5, 0.6) is 0 Å². The molecular formula is C13H14N4. The molecule has 0 bridgehead atoms. The fraction of sp³-hybridized carbons (Fsp3) is 0.385. The lowest BCUT2D eigenvalue weighted by Crippen LogP contribution is -2.16. The molecule has 1 aliphatic heterocycles. The number of hydrogen-bond acceptors (Lipinski definition) is 3. The van der Waals surface area contributed by atoms with Crippen LogP contribution in [-0.2, 0) is 0 Å². The second-order valence-electron chi connectivity index (χ2n) is 4.90. The average molecular weight is 226 g/mol. The van der Waals surface area contributed by atoms with E-state index in [1.807, 2.05) is 37.1 Å². The Morgan fingerprint density at radius 1 is 1.12 bits per heavy atom. The highest BCUT2D eigenvalue weighted by atomic mass is 15.2. The van der Waals surface area contributed by atoms with Crippen molar-refractivity contribution < 1.29 is 0 Å². The van der Waals surface area contributed by atoms with Gasteiger partial charge in [0.15, 0.2) is 0 Å². The van der Waals surface area contributed by atoms with E-state index in [2.05, 4.69) is 19.9 Å². The summed E-state index contributed by atoms with van der Waals surface area (Å²) < 4.78 is 2.34. The second-order valence-corrected chi connectivity index (χ2v) is 4.90. The molecule has 2 aromatic rings. The molecule has 3 heterocycles. The van der Waals surface area contributed by atoms with Crippen LogP contribution in [0.3, 0.4) is 0 Å². The van der Waals surface area contributed by atoms with Crippen molar-refractivity contribution >= 4 is 0 Å². The third-order valence-electron chi connectivity index (χ3n) is 4.01. The van der Waals surface area contributed by atoms with Gasteiger partial charge in [-0.1, -0.05) is 0 Å². The summed E-state index contributed by atoms with van der Waals surface area (Å²) in [7, 11) is 0.